The zero-order valence-corrected chi connectivity index (χ0v) is 15.7. The first-order valence-electron chi connectivity index (χ1n) is 9.68. The molecule has 1 aliphatic heterocycles. The van der Waals surface area contributed by atoms with Crippen molar-refractivity contribution in [3.05, 3.63) is 60.2 Å². The average molecular weight is 368 g/mol. The Kier molecular flexibility index (Phi) is 7.54. The fraction of sp³-hybridized carbons (Fsp3) is 0.409. The normalized spacial score (nSPS) is 14.5. The van der Waals surface area contributed by atoms with Crippen LogP contribution in [0.15, 0.2) is 54.6 Å². The van der Waals surface area contributed by atoms with Crippen LogP contribution in [-0.2, 0) is 11.4 Å². The Labute approximate surface area is 161 Å². The van der Waals surface area contributed by atoms with Gasteiger partial charge in [0, 0.05) is 13.1 Å². The lowest BCUT2D eigenvalue weighted by atomic mass is 10.1. The standard InChI is InChI=1S/C22H28N2O3/c25-22(23-13-16-24-14-5-2-6-15-24)18-27-21-11-9-20(10-12-21)26-17-19-7-3-1-4-8-19/h1,3-4,7-12H,2,5-6,13-18H2,(H,23,25). The van der Waals surface area contributed by atoms with Gasteiger partial charge < -0.3 is 19.7 Å². The lowest BCUT2D eigenvalue weighted by Gasteiger charge is -2.26. The molecule has 0 bridgehead atoms. The van der Waals surface area contributed by atoms with Gasteiger partial charge in [0.05, 0.1) is 0 Å². The van der Waals surface area contributed by atoms with Gasteiger partial charge in [-0.25, -0.2) is 0 Å². The van der Waals surface area contributed by atoms with Gasteiger partial charge in [-0.3, -0.25) is 4.79 Å². The van der Waals surface area contributed by atoms with Crippen LogP contribution in [0.3, 0.4) is 0 Å². The van der Waals surface area contributed by atoms with Crippen molar-refractivity contribution in [1.82, 2.24) is 10.2 Å². The van der Waals surface area contributed by atoms with Crippen LogP contribution in [0.4, 0.5) is 0 Å². The molecule has 1 heterocycles. The minimum Gasteiger partial charge on any atom is -0.489 e. The van der Waals surface area contributed by atoms with E-state index in [9.17, 15) is 4.79 Å². The topological polar surface area (TPSA) is 50.8 Å². The molecule has 0 atom stereocenters. The van der Waals surface area contributed by atoms with E-state index in [0.29, 0.717) is 18.9 Å². The summed E-state index contributed by atoms with van der Waals surface area (Å²) in [6.45, 7) is 4.44. The third kappa shape index (κ3) is 6.94. The van der Waals surface area contributed by atoms with Gasteiger partial charge in [0.15, 0.2) is 6.61 Å². The van der Waals surface area contributed by atoms with E-state index in [2.05, 4.69) is 10.2 Å². The van der Waals surface area contributed by atoms with Crippen molar-refractivity contribution in [2.24, 2.45) is 0 Å². The van der Waals surface area contributed by atoms with Crippen molar-refractivity contribution in [3.63, 3.8) is 0 Å². The first kappa shape index (κ1) is 19.2. The molecule has 0 radical (unpaired) electrons. The molecule has 5 nitrogen and oxygen atoms in total. The molecule has 1 aliphatic rings. The average Bonchev–Trinajstić information content (AvgIpc) is 2.73. The van der Waals surface area contributed by atoms with E-state index in [1.54, 1.807) is 0 Å². The molecule has 2 aromatic carbocycles. The van der Waals surface area contributed by atoms with Gasteiger partial charge in [-0.1, -0.05) is 36.8 Å². The minimum absolute atomic E-state index is 0.0320. The number of likely N-dealkylation sites (tertiary alicyclic amines) is 1. The highest BCUT2D eigenvalue weighted by Gasteiger charge is 2.10. The smallest absolute Gasteiger partial charge is 0.257 e. The van der Waals surface area contributed by atoms with E-state index in [-0.39, 0.29) is 12.5 Å². The summed E-state index contributed by atoms with van der Waals surface area (Å²) in [7, 11) is 0. The first-order valence-corrected chi connectivity index (χ1v) is 9.68. The second kappa shape index (κ2) is 10.6. The maximum Gasteiger partial charge on any atom is 0.257 e. The molecular weight excluding hydrogens is 340 g/mol. The van der Waals surface area contributed by atoms with Crippen LogP contribution in [0.25, 0.3) is 0 Å². The van der Waals surface area contributed by atoms with E-state index in [0.717, 1.165) is 30.9 Å². The van der Waals surface area contributed by atoms with Gasteiger partial charge in [-0.15, -0.1) is 0 Å². The zero-order valence-electron chi connectivity index (χ0n) is 15.7. The summed E-state index contributed by atoms with van der Waals surface area (Å²) in [5, 5.41) is 2.92. The molecule has 1 N–H and O–H groups in total. The zero-order chi connectivity index (χ0) is 18.7. The van der Waals surface area contributed by atoms with Crippen LogP contribution >= 0.6 is 0 Å². The third-order valence-electron chi connectivity index (χ3n) is 4.64. The van der Waals surface area contributed by atoms with Crippen molar-refractivity contribution in [1.29, 1.82) is 0 Å². The molecular formula is C22H28N2O3. The van der Waals surface area contributed by atoms with E-state index in [4.69, 9.17) is 9.47 Å². The highest BCUT2D eigenvalue weighted by molar-refractivity contribution is 5.77. The van der Waals surface area contributed by atoms with Crippen LogP contribution in [0.5, 0.6) is 11.5 Å². The van der Waals surface area contributed by atoms with E-state index in [1.165, 1.54) is 19.3 Å². The number of ether oxygens (including phenoxy) is 2. The minimum atomic E-state index is -0.0867. The van der Waals surface area contributed by atoms with Gasteiger partial charge in [-0.2, -0.15) is 0 Å². The number of nitrogens with one attached hydrogen (secondary N) is 1. The number of piperidine rings is 1. The molecule has 0 saturated carbocycles. The van der Waals surface area contributed by atoms with Crippen LogP contribution in [-0.4, -0.2) is 43.6 Å². The Morgan fingerprint density at radius 2 is 1.56 bits per heavy atom. The number of carbonyl (C=O) groups is 1. The van der Waals surface area contributed by atoms with Crippen LogP contribution < -0.4 is 14.8 Å². The van der Waals surface area contributed by atoms with Crippen molar-refractivity contribution < 1.29 is 14.3 Å². The van der Waals surface area contributed by atoms with Crippen LogP contribution in [0, 0.1) is 0 Å². The highest BCUT2D eigenvalue weighted by Crippen LogP contribution is 2.18. The number of carbonyl (C=O) groups excluding carboxylic acids is 1. The Balaban J connectivity index is 1.32. The molecule has 1 fully saturated rings. The quantitative estimate of drug-likeness (QED) is 0.738. The third-order valence-corrected chi connectivity index (χ3v) is 4.64. The summed E-state index contributed by atoms with van der Waals surface area (Å²) in [6, 6.07) is 17.4. The van der Waals surface area contributed by atoms with Gasteiger partial charge in [0.1, 0.15) is 18.1 Å². The molecule has 3 rings (SSSR count). The maximum atomic E-state index is 11.9. The Bertz CT molecular complexity index is 682. The Hall–Kier alpha value is -2.53. The molecule has 144 valence electrons. The molecule has 0 spiro atoms. The number of nitrogens with zero attached hydrogens (tertiary/aromatic N) is 1. The van der Waals surface area contributed by atoms with E-state index < -0.39 is 0 Å². The Morgan fingerprint density at radius 1 is 0.889 bits per heavy atom. The van der Waals surface area contributed by atoms with Crippen LogP contribution in [0.2, 0.25) is 0 Å². The fourth-order valence-electron chi connectivity index (χ4n) is 3.11. The summed E-state index contributed by atoms with van der Waals surface area (Å²) in [5.74, 6) is 1.35. The lowest BCUT2D eigenvalue weighted by Crippen LogP contribution is -2.39. The van der Waals surface area contributed by atoms with Gasteiger partial charge >= 0.3 is 0 Å². The molecule has 27 heavy (non-hydrogen) atoms. The second-order valence-electron chi connectivity index (χ2n) is 6.79. The summed E-state index contributed by atoms with van der Waals surface area (Å²) in [6.07, 6.45) is 3.86. The fourth-order valence-corrected chi connectivity index (χ4v) is 3.11. The van der Waals surface area contributed by atoms with E-state index in [1.807, 2.05) is 54.6 Å². The Morgan fingerprint density at radius 3 is 2.26 bits per heavy atom. The number of amides is 1. The number of rotatable bonds is 9. The predicted molar refractivity (Wildman–Crippen MR) is 106 cm³/mol. The van der Waals surface area contributed by atoms with Gasteiger partial charge in [0.25, 0.3) is 5.91 Å². The number of hydrogen-bond acceptors (Lipinski definition) is 4. The largest absolute Gasteiger partial charge is 0.489 e. The van der Waals surface area contributed by atoms with Crippen molar-refractivity contribution in [3.8, 4) is 11.5 Å². The second-order valence-corrected chi connectivity index (χ2v) is 6.79. The number of benzene rings is 2. The van der Waals surface area contributed by atoms with Gasteiger partial charge in [0.2, 0.25) is 0 Å². The maximum absolute atomic E-state index is 11.9. The molecule has 0 aromatic heterocycles. The molecule has 2 aromatic rings. The molecule has 0 aliphatic carbocycles. The lowest BCUT2D eigenvalue weighted by molar-refractivity contribution is -0.123. The summed E-state index contributed by atoms with van der Waals surface area (Å²) >= 11 is 0. The summed E-state index contributed by atoms with van der Waals surface area (Å²) in [4.78, 5) is 14.3. The number of hydrogen-bond donors (Lipinski definition) is 1. The first-order chi connectivity index (χ1) is 13.3. The SMILES string of the molecule is O=C(COc1ccc(OCc2ccccc2)cc1)NCCN1CCCCC1. The van der Waals surface area contributed by atoms with Crippen molar-refractivity contribution in [2.45, 2.75) is 25.9 Å². The summed E-state index contributed by atoms with van der Waals surface area (Å²) in [5.41, 5.74) is 1.12. The van der Waals surface area contributed by atoms with Crippen molar-refractivity contribution >= 4 is 5.91 Å². The molecule has 1 amide bonds. The molecule has 1 saturated heterocycles. The molecule has 5 heteroatoms. The highest BCUT2D eigenvalue weighted by atomic mass is 16.5. The van der Waals surface area contributed by atoms with E-state index >= 15 is 0 Å². The van der Waals surface area contributed by atoms with Gasteiger partial charge in [-0.05, 0) is 55.8 Å². The predicted octanol–water partition coefficient (Wildman–Crippen LogP) is 3.25. The summed E-state index contributed by atoms with van der Waals surface area (Å²) < 4.78 is 11.3. The monoisotopic (exact) mass is 368 g/mol. The van der Waals surface area contributed by atoms with Crippen LogP contribution in [0.1, 0.15) is 24.8 Å². The van der Waals surface area contributed by atoms with Crippen molar-refractivity contribution in [2.75, 3.05) is 32.8 Å². The molecule has 0 unspecified atom stereocenters.